The van der Waals surface area contributed by atoms with Crippen LogP contribution in [0.4, 0.5) is 10.1 Å². The molecule has 1 unspecified atom stereocenters. The fourth-order valence-electron chi connectivity index (χ4n) is 2.14. The SMILES string of the molecule is CN(C)C(c1ccc(N)cc1)c1cccc(F)c1. The van der Waals surface area contributed by atoms with Gasteiger partial charge in [0.2, 0.25) is 0 Å². The first kappa shape index (κ1) is 12.6. The van der Waals surface area contributed by atoms with Crippen molar-refractivity contribution in [2.75, 3.05) is 19.8 Å². The second kappa shape index (κ2) is 5.19. The summed E-state index contributed by atoms with van der Waals surface area (Å²) in [5.41, 5.74) is 8.46. The number of hydrogen-bond acceptors (Lipinski definition) is 2. The third-order valence-corrected chi connectivity index (χ3v) is 2.93. The Morgan fingerprint density at radius 2 is 1.67 bits per heavy atom. The van der Waals surface area contributed by atoms with Crippen LogP contribution in [0.3, 0.4) is 0 Å². The fraction of sp³-hybridized carbons (Fsp3) is 0.200. The minimum atomic E-state index is -0.213. The van der Waals surface area contributed by atoms with Crippen LogP contribution in [0.1, 0.15) is 17.2 Å². The average molecular weight is 244 g/mol. The van der Waals surface area contributed by atoms with Crippen molar-refractivity contribution in [1.29, 1.82) is 0 Å². The molecule has 94 valence electrons. The van der Waals surface area contributed by atoms with Gasteiger partial charge in [0.25, 0.3) is 0 Å². The van der Waals surface area contributed by atoms with Crippen LogP contribution in [-0.4, -0.2) is 19.0 Å². The highest BCUT2D eigenvalue weighted by Gasteiger charge is 2.16. The predicted molar refractivity (Wildman–Crippen MR) is 72.8 cm³/mol. The van der Waals surface area contributed by atoms with Crippen LogP contribution >= 0.6 is 0 Å². The van der Waals surface area contributed by atoms with Crippen molar-refractivity contribution in [3.05, 3.63) is 65.5 Å². The van der Waals surface area contributed by atoms with Crippen molar-refractivity contribution in [3.8, 4) is 0 Å². The minimum Gasteiger partial charge on any atom is -0.399 e. The Bertz CT molecular complexity index is 520. The molecule has 2 rings (SSSR count). The Hall–Kier alpha value is -1.87. The van der Waals surface area contributed by atoms with Crippen molar-refractivity contribution in [1.82, 2.24) is 4.90 Å². The summed E-state index contributed by atoms with van der Waals surface area (Å²) in [6.07, 6.45) is 0. The monoisotopic (exact) mass is 244 g/mol. The number of benzene rings is 2. The van der Waals surface area contributed by atoms with Crippen molar-refractivity contribution >= 4 is 5.69 Å². The quantitative estimate of drug-likeness (QED) is 0.841. The van der Waals surface area contributed by atoms with E-state index >= 15 is 0 Å². The Morgan fingerprint density at radius 3 is 2.22 bits per heavy atom. The Balaban J connectivity index is 2.43. The van der Waals surface area contributed by atoms with Gasteiger partial charge >= 0.3 is 0 Å². The molecule has 2 nitrogen and oxygen atoms in total. The maximum Gasteiger partial charge on any atom is 0.123 e. The highest BCUT2D eigenvalue weighted by Crippen LogP contribution is 2.27. The zero-order valence-corrected chi connectivity index (χ0v) is 10.6. The van der Waals surface area contributed by atoms with Crippen molar-refractivity contribution in [2.24, 2.45) is 0 Å². The van der Waals surface area contributed by atoms with E-state index in [1.165, 1.54) is 6.07 Å². The average Bonchev–Trinajstić information content (AvgIpc) is 2.32. The first-order valence-electron chi connectivity index (χ1n) is 5.85. The van der Waals surface area contributed by atoms with E-state index in [0.29, 0.717) is 0 Å². The van der Waals surface area contributed by atoms with E-state index < -0.39 is 0 Å². The van der Waals surface area contributed by atoms with Crippen LogP contribution in [0.2, 0.25) is 0 Å². The van der Waals surface area contributed by atoms with Crippen LogP contribution < -0.4 is 5.73 Å². The molecule has 0 aromatic heterocycles. The summed E-state index contributed by atoms with van der Waals surface area (Å²) < 4.78 is 13.3. The van der Waals surface area contributed by atoms with Crippen molar-refractivity contribution in [2.45, 2.75) is 6.04 Å². The lowest BCUT2D eigenvalue weighted by Crippen LogP contribution is -2.21. The predicted octanol–water partition coefficient (Wildman–Crippen LogP) is 3.06. The number of nitrogens with two attached hydrogens (primary N) is 1. The Morgan fingerprint density at radius 1 is 1.00 bits per heavy atom. The van der Waals surface area contributed by atoms with E-state index in [1.807, 2.05) is 44.4 Å². The Kier molecular flexibility index (Phi) is 3.63. The molecule has 3 heteroatoms. The van der Waals surface area contributed by atoms with Gasteiger partial charge in [-0.15, -0.1) is 0 Å². The van der Waals surface area contributed by atoms with E-state index in [-0.39, 0.29) is 11.9 Å². The number of nitrogens with zero attached hydrogens (tertiary/aromatic N) is 1. The fourth-order valence-corrected chi connectivity index (χ4v) is 2.14. The molecule has 2 aromatic carbocycles. The van der Waals surface area contributed by atoms with Gasteiger partial charge in [0.15, 0.2) is 0 Å². The van der Waals surface area contributed by atoms with E-state index in [2.05, 4.69) is 4.90 Å². The topological polar surface area (TPSA) is 29.3 Å². The molecule has 0 saturated heterocycles. The molecule has 0 heterocycles. The van der Waals surface area contributed by atoms with Gasteiger partial charge in [-0.25, -0.2) is 4.39 Å². The molecule has 2 aromatic rings. The summed E-state index contributed by atoms with van der Waals surface area (Å²) in [7, 11) is 3.96. The zero-order chi connectivity index (χ0) is 13.1. The highest BCUT2D eigenvalue weighted by molar-refractivity contribution is 5.42. The van der Waals surface area contributed by atoms with Gasteiger partial charge < -0.3 is 5.73 Å². The van der Waals surface area contributed by atoms with Gasteiger partial charge in [0.1, 0.15) is 5.82 Å². The van der Waals surface area contributed by atoms with Crippen LogP contribution in [0, 0.1) is 5.82 Å². The molecular formula is C15H17FN2. The maximum atomic E-state index is 13.3. The molecule has 0 saturated carbocycles. The standard InChI is InChI=1S/C15H17FN2/c1-18(2)15(11-6-8-14(17)9-7-11)12-4-3-5-13(16)10-12/h3-10,15H,17H2,1-2H3. The third-order valence-electron chi connectivity index (χ3n) is 2.93. The lowest BCUT2D eigenvalue weighted by molar-refractivity contribution is 0.341. The van der Waals surface area contributed by atoms with Crippen LogP contribution in [0.15, 0.2) is 48.5 Å². The van der Waals surface area contributed by atoms with Gasteiger partial charge in [-0.2, -0.15) is 0 Å². The lowest BCUT2D eigenvalue weighted by atomic mass is 9.97. The van der Waals surface area contributed by atoms with Gasteiger partial charge in [-0.05, 0) is 49.5 Å². The largest absolute Gasteiger partial charge is 0.399 e. The van der Waals surface area contributed by atoms with Gasteiger partial charge in [-0.1, -0.05) is 24.3 Å². The van der Waals surface area contributed by atoms with Crippen molar-refractivity contribution < 1.29 is 4.39 Å². The van der Waals surface area contributed by atoms with Gasteiger partial charge in [0, 0.05) is 5.69 Å². The molecular weight excluding hydrogens is 227 g/mol. The zero-order valence-electron chi connectivity index (χ0n) is 10.6. The molecule has 0 aliphatic heterocycles. The normalized spacial score (nSPS) is 12.7. The second-order valence-corrected chi connectivity index (χ2v) is 4.59. The molecule has 0 fully saturated rings. The van der Waals surface area contributed by atoms with Crippen molar-refractivity contribution in [3.63, 3.8) is 0 Å². The highest BCUT2D eigenvalue weighted by atomic mass is 19.1. The summed E-state index contributed by atoms with van der Waals surface area (Å²) in [6, 6.07) is 14.4. The smallest absolute Gasteiger partial charge is 0.123 e. The Labute approximate surface area is 107 Å². The molecule has 0 spiro atoms. The van der Waals surface area contributed by atoms with E-state index in [9.17, 15) is 4.39 Å². The molecule has 0 bridgehead atoms. The number of hydrogen-bond donors (Lipinski definition) is 1. The summed E-state index contributed by atoms with van der Waals surface area (Å²) in [6.45, 7) is 0. The third kappa shape index (κ3) is 2.68. The molecule has 0 aliphatic rings. The summed E-state index contributed by atoms with van der Waals surface area (Å²) in [5.74, 6) is -0.213. The number of nitrogen functional groups attached to an aromatic ring is 1. The van der Waals surface area contributed by atoms with E-state index in [0.717, 1.165) is 16.8 Å². The molecule has 0 aliphatic carbocycles. The number of anilines is 1. The van der Waals surface area contributed by atoms with E-state index in [4.69, 9.17) is 5.73 Å². The number of halogens is 1. The van der Waals surface area contributed by atoms with E-state index in [1.54, 1.807) is 12.1 Å². The maximum absolute atomic E-state index is 13.3. The van der Waals surface area contributed by atoms with Gasteiger partial charge in [-0.3, -0.25) is 4.90 Å². The van der Waals surface area contributed by atoms with Gasteiger partial charge in [0.05, 0.1) is 6.04 Å². The van der Waals surface area contributed by atoms with Crippen LogP contribution in [0.5, 0.6) is 0 Å². The number of rotatable bonds is 3. The molecule has 0 radical (unpaired) electrons. The minimum absolute atomic E-state index is 0.0290. The van der Waals surface area contributed by atoms with Crippen LogP contribution in [0.25, 0.3) is 0 Å². The van der Waals surface area contributed by atoms with Crippen LogP contribution in [-0.2, 0) is 0 Å². The summed E-state index contributed by atoms with van der Waals surface area (Å²) in [5, 5.41) is 0. The second-order valence-electron chi connectivity index (χ2n) is 4.59. The lowest BCUT2D eigenvalue weighted by Gasteiger charge is -2.25. The summed E-state index contributed by atoms with van der Waals surface area (Å²) >= 11 is 0. The summed E-state index contributed by atoms with van der Waals surface area (Å²) in [4.78, 5) is 2.06. The molecule has 18 heavy (non-hydrogen) atoms. The first-order chi connectivity index (χ1) is 8.58. The molecule has 1 atom stereocenters. The first-order valence-corrected chi connectivity index (χ1v) is 5.85. The molecule has 0 amide bonds. The molecule has 2 N–H and O–H groups in total.